The van der Waals surface area contributed by atoms with Crippen LogP contribution in [0.2, 0.25) is 5.02 Å². The minimum Gasteiger partial charge on any atom is -0.392 e. The smallest absolute Gasteiger partial charge is 0.240 e. The van der Waals surface area contributed by atoms with Gasteiger partial charge in [0.25, 0.3) is 0 Å². The zero-order valence-corrected chi connectivity index (χ0v) is 13.7. The Morgan fingerprint density at radius 2 is 2.19 bits per heavy atom. The van der Waals surface area contributed by atoms with Crippen LogP contribution in [0.4, 0.5) is 0 Å². The molecule has 0 spiro atoms. The molecule has 1 aliphatic heterocycles. The van der Waals surface area contributed by atoms with E-state index >= 15 is 0 Å². The lowest BCUT2D eigenvalue weighted by Gasteiger charge is -2.23. The first kappa shape index (κ1) is 16.7. The highest BCUT2D eigenvalue weighted by molar-refractivity contribution is 7.89. The van der Waals surface area contributed by atoms with Gasteiger partial charge in [0.1, 0.15) is 0 Å². The molecule has 2 N–H and O–H groups in total. The summed E-state index contributed by atoms with van der Waals surface area (Å²) in [5.41, 5.74) is 0.553. The average Bonchev–Trinajstić information content (AvgIpc) is 2.86. The number of nitrogens with one attached hydrogen (secondary N) is 1. The van der Waals surface area contributed by atoms with Crippen molar-refractivity contribution in [1.29, 1.82) is 0 Å². The third-order valence-corrected chi connectivity index (χ3v) is 5.57. The number of sulfonamides is 1. The van der Waals surface area contributed by atoms with Crippen molar-refractivity contribution in [2.24, 2.45) is 0 Å². The molecule has 1 saturated heterocycles. The van der Waals surface area contributed by atoms with Gasteiger partial charge in [-0.15, -0.1) is 0 Å². The molecule has 1 atom stereocenters. The number of aliphatic hydroxyl groups is 1. The van der Waals surface area contributed by atoms with E-state index in [1.807, 2.05) is 6.92 Å². The van der Waals surface area contributed by atoms with Crippen molar-refractivity contribution < 1.29 is 18.3 Å². The van der Waals surface area contributed by atoms with Gasteiger partial charge >= 0.3 is 0 Å². The van der Waals surface area contributed by atoms with Gasteiger partial charge in [0, 0.05) is 18.2 Å². The maximum absolute atomic E-state index is 12.5. The van der Waals surface area contributed by atoms with Gasteiger partial charge < -0.3 is 9.84 Å². The van der Waals surface area contributed by atoms with Crippen LogP contribution < -0.4 is 4.72 Å². The maximum atomic E-state index is 12.5. The number of rotatable bonds is 5. The van der Waals surface area contributed by atoms with E-state index in [4.69, 9.17) is 16.3 Å². The fourth-order valence-corrected chi connectivity index (χ4v) is 4.23. The monoisotopic (exact) mass is 333 g/mol. The molecule has 5 nitrogen and oxygen atoms in total. The molecule has 2 rings (SSSR count). The van der Waals surface area contributed by atoms with Crippen LogP contribution >= 0.6 is 11.6 Å². The van der Waals surface area contributed by atoms with E-state index in [0.29, 0.717) is 17.7 Å². The summed E-state index contributed by atoms with van der Waals surface area (Å²) in [5.74, 6) is 0. The van der Waals surface area contributed by atoms with Crippen molar-refractivity contribution in [3.8, 4) is 0 Å². The van der Waals surface area contributed by atoms with Crippen LogP contribution in [0.3, 0.4) is 0 Å². The fraction of sp³-hybridized carbons (Fsp3) is 0.571. The summed E-state index contributed by atoms with van der Waals surface area (Å²) in [6.07, 6.45) is 1.76. The topological polar surface area (TPSA) is 75.6 Å². The zero-order chi connectivity index (χ0) is 15.7. The van der Waals surface area contributed by atoms with E-state index in [1.54, 1.807) is 13.0 Å². The van der Waals surface area contributed by atoms with Gasteiger partial charge in [-0.2, -0.15) is 0 Å². The van der Waals surface area contributed by atoms with Crippen molar-refractivity contribution in [2.45, 2.75) is 43.8 Å². The van der Waals surface area contributed by atoms with Gasteiger partial charge in [-0.1, -0.05) is 11.6 Å². The van der Waals surface area contributed by atoms with Crippen molar-refractivity contribution in [1.82, 2.24) is 4.72 Å². The first-order chi connectivity index (χ1) is 9.77. The maximum Gasteiger partial charge on any atom is 0.240 e. The number of benzene rings is 1. The minimum atomic E-state index is -3.70. The number of hydrogen-bond donors (Lipinski definition) is 2. The summed E-state index contributed by atoms with van der Waals surface area (Å²) < 4.78 is 33.1. The van der Waals surface area contributed by atoms with E-state index in [0.717, 1.165) is 12.8 Å². The first-order valence-electron chi connectivity index (χ1n) is 6.81. The van der Waals surface area contributed by atoms with E-state index in [-0.39, 0.29) is 23.1 Å². The number of halogens is 1. The van der Waals surface area contributed by atoms with Gasteiger partial charge in [0.2, 0.25) is 10.0 Å². The first-order valence-corrected chi connectivity index (χ1v) is 8.67. The van der Waals surface area contributed by atoms with Crippen molar-refractivity contribution in [3.63, 3.8) is 0 Å². The number of ether oxygens (including phenoxy) is 1. The standard InChI is InChI=1S/C14H20ClNO4S/c1-10-11(8-17)6-12(15)7-13(10)21(18,19)16-9-14(2)4-3-5-20-14/h6-7,16-17H,3-5,8-9H2,1-2H3. The Morgan fingerprint density at radius 3 is 2.76 bits per heavy atom. The lowest BCUT2D eigenvalue weighted by Crippen LogP contribution is -2.40. The molecule has 0 bridgehead atoms. The molecule has 0 radical (unpaired) electrons. The molecule has 0 amide bonds. The Morgan fingerprint density at radius 1 is 1.48 bits per heavy atom. The van der Waals surface area contributed by atoms with Crippen LogP contribution in [0.5, 0.6) is 0 Å². The van der Waals surface area contributed by atoms with Crippen molar-refractivity contribution in [3.05, 3.63) is 28.3 Å². The van der Waals surface area contributed by atoms with Gasteiger partial charge in [-0.05, 0) is 49.9 Å². The molecule has 1 aromatic carbocycles. The van der Waals surface area contributed by atoms with Gasteiger partial charge in [-0.3, -0.25) is 0 Å². The normalized spacial score (nSPS) is 22.7. The largest absolute Gasteiger partial charge is 0.392 e. The molecule has 1 heterocycles. The Bertz CT molecular complexity index is 624. The molecule has 21 heavy (non-hydrogen) atoms. The van der Waals surface area contributed by atoms with Crippen LogP contribution in [0.1, 0.15) is 30.9 Å². The van der Waals surface area contributed by atoms with Gasteiger partial charge in [-0.25, -0.2) is 13.1 Å². The Balaban J connectivity index is 2.25. The summed E-state index contributed by atoms with van der Waals surface area (Å²) in [6.45, 7) is 4.17. The van der Waals surface area contributed by atoms with Crippen LogP contribution in [0.15, 0.2) is 17.0 Å². The molecule has 1 aromatic rings. The highest BCUT2D eigenvalue weighted by atomic mass is 35.5. The molecule has 0 aromatic heterocycles. The van der Waals surface area contributed by atoms with E-state index in [9.17, 15) is 13.5 Å². The summed E-state index contributed by atoms with van der Waals surface area (Å²) >= 11 is 5.93. The SMILES string of the molecule is Cc1c(CO)cc(Cl)cc1S(=O)(=O)NCC1(C)CCCO1. The third kappa shape index (κ3) is 3.76. The average molecular weight is 334 g/mol. The predicted molar refractivity (Wildman–Crippen MR) is 80.9 cm³/mol. The van der Waals surface area contributed by atoms with Crippen LogP contribution in [-0.4, -0.2) is 32.3 Å². The van der Waals surface area contributed by atoms with Crippen LogP contribution in [0.25, 0.3) is 0 Å². The molecule has 0 saturated carbocycles. The highest BCUT2D eigenvalue weighted by Gasteiger charge is 2.32. The van der Waals surface area contributed by atoms with E-state index < -0.39 is 15.6 Å². The van der Waals surface area contributed by atoms with Crippen molar-refractivity contribution >= 4 is 21.6 Å². The second-order valence-electron chi connectivity index (χ2n) is 5.57. The van der Waals surface area contributed by atoms with E-state index in [2.05, 4.69) is 4.72 Å². The molecule has 0 aliphatic carbocycles. The Kier molecular flexibility index (Phi) is 4.95. The summed E-state index contributed by atoms with van der Waals surface area (Å²) in [6, 6.07) is 2.97. The molecule has 1 aliphatic rings. The molecular weight excluding hydrogens is 314 g/mol. The fourth-order valence-electron chi connectivity index (χ4n) is 2.45. The minimum absolute atomic E-state index is 0.0978. The predicted octanol–water partition coefficient (Wildman–Crippen LogP) is 1.99. The van der Waals surface area contributed by atoms with Crippen molar-refractivity contribution in [2.75, 3.05) is 13.2 Å². The number of hydrogen-bond acceptors (Lipinski definition) is 4. The Labute approximate surface area is 130 Å². The van der Waals surface area contributed by atoms with Gasteiger partial charge in [0.05, 0.1) is 17.1 Å². The summed E-state index contributed by atoms with van der Waals surface area (Å²) in [5, 5.41) is 9.57. The molecule has 1 unspecified atom stereocenters. The second-order valence-corrected chi connectivity index (χ2v) is 7.74. The molecule has 7 heteroatoms. The lowest BCUT2D eigenvalue weighted by molar-refractivity contribution is 0.0250. The second kappa shape index (κ2) is 6.22. The number of aliphatic hydroxyl groups excluding tert-OH is 1. The highest BCUT2D eigenvalue weighted by Crippen LogP contribution is 2.27. The summed E-state index contributed by atoms with van der Waals surface area (Å²) in [4.78, 5) is 0.0978. The Hall–Kier alpha value is -0.660. The van der Waals surface area contributed by atoms with Crippen LogP contribution in [0, 0.1) is 6.92 Å². The molecular formula is C14H20ClNO4S. The third-order valence-electron chi connectivity index (χ3n) is 3.83. The molecule has 118 valence electrons. The van der Waals surface area contributed by atoms with Crippen LogP contribution in [-0.2, 0) is 21.4 Å². The van der Waals surface area contributed by atoms with E-state index in [1.165, 1.54) is 6.07 Å². The summed E-state index contributed by atoms with van der Waals surface area (Å²) in [7, 11) is -3.70. The zero-order valence-electron chi connectivity index (χ0n) is 12.1. The van der Waals surface area contributed by atoms with Gasteiger partial charge in [0.15, 0.2) is 0 Å². The lowest BCUT2D eigenvalue weighted by atomic mass is 10.0. The molecule has 1 fully saturated rings. The quantitative estimate of drug-likeness (QED) is 0.864.